The number of rotatable bonds is 11. The maximum Gasteiger partial charge on any atom is 0.203 e. The van der Waals surface area contributed by atoms with Crippen molar-refractivity contribution in [2.24, 2.45) is 0 Å². The summed E-state index contributed by atoms with van der Waals surface area (Å²) in [6.45, 7) is -0.350. The fourth-order valence-electron chi connectivity index (χ4n) is 1.60. The van der Waals surface area contributed by atoms with Gasteiger partial charge in [-0.1, -0.05) is 30.3 Å². The van der Waals surface area contributed by atoms with E-state index in [4.69, 9.17) is 29.8 Å². The third kappa shape index (κ3) is 7.70. The van der Waals surface area contributed by atoms with Gasteiger partial charge in [-0.15, -0.1) is 14.5 Å². The first-order chi connectivity index (χ1) is 9.76. The highest BCUT2D eigenvalue weighted by atomic mass is 35.5. The highest BCUT2D eigenvalue weighted by Crippen LogP contribution is 2.18. The van der Waals surface area contributed by atoms with E-state index in [9.17, 15) is 0 Å². The summed E-state index contributed by atoms with van der Waals surface area (Å²) in [5.74, 6) is 0. The maximum atomic E-state index is 8.90. The van der Waals surface area contributed by atoms with Crippen LogP contribution in [-0.4, -0.2) is 59.9 Å². The standard InChI is InChI=1S/C13H22NO6.ClH/c15-6-9-18-14(19-10-7-16,20-11-8-17)12-13-4-2-1-3-5-13;/h1-5,15-17H,6-12H2;1H/q+1;/p-1. The number of quaternary nitrogens is 1. The molecule has 0 unspecified atom stereocenters. The average molecular weight is 324 g/mol. The summed E-state index contributed by atoms with van der Waals surface area (Å²) >= 11 is 0. The first-order valence-electron chi connectivity index (χ1n) is 6.44. The molecule has 0 aromatic heterocycles. The van der Waals surface area contributed by atoms with Gasteiger partial charge >= 0.3 is 0 Å². The lowest BCUT2D eigenvalue weighted by molar-refractivity contribution is -1.38. The number of aliphatic hydroxyl groups excluding tert-OH is 3. The fourth-order valence-corrected chi connectivity index (χ4v) is 1.60. The van der Waals surface area contributed by atoms with E-state index in [1.54, 1.807) is 0 Å². The summed E-state index contributed by atoms with van der Waals surface area (Å²) in [7, 11) is 0. The minimum atomic E-state index is -0.675. The van der Waals surface area contributed by atoms with E-state index in [0.717, 1.165) is 5.56 Å². The van der Waals surface area contributed by atoms with Crippen molar-refractivity contribution in [2.45, 2.75) is 6.54 Å². The molecule has 0 bridgehead atoms. The third-order valence-electron chi connectivity index (χ3n) is 2.36. The van der Waals surface area contributed by atoms with Crippen LogP contribution in [0.5, 0.6) is 0 Å². The van der Waals surface area contributed by atoms with Gasteiger partial charge in [-0.25, -0.2) is 0 Å². The van der Waals surface area contributed by atoms with Crippen molar-refractivity contribution >= 4 is 0 Å². The Hall–Kier alpha value is -0.770. The van der Waals surface area contributed by atoms with Gasteiger partial charge in [0.05, 0.1) is 24.8 Å². The van der Waals surface area contributed by atoms with Gasteiger partial charge < -0.3 is 27.7 Å². The third-order valence-corrected chi connectivity index (χ3v) is 2.36. The molecule has 0 aliphatic carbocycles. The predicted molar refractivity (Wildman–Crippen MR) is 69.5 cm³/mol. The number of hydroxylamine groups is 3. The molecule has 1 aromatic carbocycles. The van der Waals surface area contributed by atoms with Crippen molar-refractivity contribution in [1.82, 2.24) is 0 Å². The Labute approximate surface area is 130 Å². The van der Waals surface area contributed by atoms with Gasteiger partial charge in [0.25, 0.3) is 0 Å². The van der Waals surface area contributed by atoms with Crippen LogP contribution in [0.2, 0.25) is 0 Å². The zero-order chi connectivity index (χ0) is 14.7. The molecule has 0 saturated heterocycles. The Morgan fingerprint density at radius 2 is 1.19 bits per heavy atom. The second-order valence-corrected chi connectivity index (χ2v) is 3.93. The van der Waals surface area contributed by atoms with Crippen molar-refractivity contribution in [1.29, 1.82) is 0 Å². The molecule has 3 N–H and O–H groups in total. The minimum Gasteiger partial charge on any atom is -1.00 e. The molecule has 0 aliphatic rings. The number of aliphatic hydroxyl groups is 3. The van der Waals surface area contributed by atoms with Crippen LogP contribution in [0.25, 0.3) is 0 Å². The zero-order valence-electron chi connectivity index (χ0n) is 11.7. The van der Waals surface area contributed by atoms with Crippen molar-refractivity contribution in [3.05, 3.63) is 35.9 Å². The Balaban J connectivity index is 0.00000400. The lowest BCUT2D eigenvalue weighted by atomic mass is 10.2. The van der Waals surface area contributed by atoms with Crippen molar-refractivity contribution in [2.75, 3.05) is 39.6 Å². The van der Waals surface area contributed by atoms with Crippen LogP contribution in [0.4, 0.5) is 0 Å². The summed E-state index contributed by atoms with van der Waals surface area (Å²) in [5.41, 5.74) is 0.890. The number of hydrogen-bond donors (Lipinski definition) is 3. The number of hydrogen-bond acceptors (Lipinski definition) is 6. The van der Waals surface area contributed by atoms with Crippen molar-refractivity contribution in [3.63, 3.8) is 0 Å². The van der Waals surface area contributed by atoms with Crippen LogP contribution in [0.1, 0.15) is 5.56 Å². The van der Waals surface area contributed by atoms with Gasteiger partial charge in [0.2, 0.25) is 6.54 Å². The summed E-state index contributed by atoms with van der Waals surface area (Å²) in [4.78, 5) is 15.5. The molecular weight excluding hydrogens is 302 g/mol. The molecule has 21 heavy (non-hydrogen) atoms. The summed E-state index contributed by atoms with van der Waals surface area (Å²) in [5, 5.41) is 26.7. The highest BCUT2D eigenvalue weighted by Gasteiger charge is 2.35. The molecular formula is C13H22ClNO6. The smallest absolute Gasteiger partial charge is 0.203 e. The normalized spacial score (nSPS) is 11.2. The van der Waals surface area contributed by atoms with Gasteiger partial charge in [-0.05, 0) is 0 Å². The van der Waals surface area contributed by atoms with Crippen molar-refractivity contribution in [3.8, 4) is 0 Å². The van der Waals surface area contributed by atoms with Crippen LogP contribution in [0, 0.1) is 0 Å². The molecule has 0 radical (unpaired) electrons. The van der Waals surface area contributed by atoms with E-state index in [1.807, 2.05) is 30.3 Å². The summed E-state index contributed by atoms with van der Waals surface area (Å²) in [6.07, 6.45) is 0. The molecule has 1 aromatic rings. The molecule has 0 aliphatic heterocycles. The molecule has 0 amide bonds. The van der Waals surface area contributed by atoms with Gasteiger partial charge in [-0.3, -0.25) is 0 Å². The first-order valence-corrected chi connectivity index (χ1v) is 6.44. The van der Waals surface area contributed by atoms with Gasteiger partial charge in [-0.2, -0.15) is 0 Å². The first kappa shape index (κ1) is 20.2. The Bertz CT molecular complexity index is 332. The number of benzene rings is 1. The lowest BCUT2D eigenvalue weighted by Gasteiger charge is -2.29. The molecule has 0 atom stereocenters. The second-order valence-electron chi connectivity index (χ2n) is 3.93. The van der Waals surface area contributed by atoms with Gasteiger partial charge in [0.15, 0.2) is 0 Å². The molecule has 0 fully saturated rings. The van der Waals surface area contributed by atoms with Crippen LogP contribution >= 0.6 is 0 Å². The van der Waals surface area contributed by atoms with Gasteiger partial charge in [0.1, 0.15) is 19.8 Å². The Morgan fingerprint density at radius 3 is 1.57 bits per heavy atom. The molecule has 7 nitrogen and oxygen atoms in total. The average Bonchev–Trinajstić information content (AvgIpc) is 2.49. The van der Waals surface area contributed by atoms with E-state index in [0.29, 0.717) is 0 Å². The maximum absolute atomic E-state index is 8.90. The predicted octanol–water partition coefficient (Wildman–Crippen LogP) is -3.22. The van der Waals surface area contributed by atoms with E-state index in [2.05, 4.69) is 0 Å². The molecule has 0 saturated carbocycles. The Kier molecular flexibility index (Phi) is 11.4. The van der Waals surface area contributed by atoms with Crippen LogP contribution < -0.4 is 12.4 Å². The Morgan fingerprint density at radius 1 is 0.762 bits per heavy atom. The molecule has 1 rings (SSSR count). The monoisotopic (exact) mass is 323 g/mol. The molecule has 0 spiro atoms. The topological polar surface area (TPSA) is 88.4 Å². The molecule has 0 heterocycles. The van der Waals surface area contributed by atoms with Crippen LogP contribution in [0.3, 0.4) is 0 Å². The largest absolute Gasteiger partial charge is 1.00 e. The van der Waals surface area contributed by atoms with E-state index in [1.165, 1.54) is 0 Å². The minimum absolute atomic E-state index is 0. The van der Waals surface area contributed by atoms with Crippen molar-refractivity contribution < 1.29 is 47.2 Å². The van der Waals surface area contributed by atoms with E-state index in [-0.39, 0.29) is 58.6 Å². The van der Waals surface area contributed by atoms with E-state index >= 15 is 0 Å². The fraction of sp³-hybridized carbons (Fsp3) is 0.538. The van der Waals surface area contributed by atoms with Gasteiger partial charge in [0, 0.05) is 5.56 Å². The summed E-state index contributed by atoms with van der Waals surface area (Å²) < 4.78 is 0. The van der Waals surface area contributed by atoms with E-state index < -0.39 is 4.97 Å². The second kappa shape index (κ2) is 11.8. The quantitative estimate of drug-likeness (QED) is 0.293. The lowest BCUT2D eigenvalue weighted by Crippen LogP contribution is -3.00. The highest BCUT2D eigenvalue weighted by molar-refractivity contribution is 5.13. The number of halogens is 1. The van der Waals surface area contributed by atoms with Crippen LogP contribution in [0.15, 0.2) is 30.3 Å². The molecule has 8 heteroatoms. The van der Waals surface area contributed by atoms with Crippen LogP contribution in [-0.2, 0) is 21.1 Å². The SMILES string of the molecule is OCCO[N+](Cc1ccccc1)(OCCO)OCCO.[Cl-]. The molecule has 122 valence electrons. The number of nitrogens with zero attached hydrogens (tertiary/aromatic N) is 1. The zero-order valence-corrected chi connectivity index (χ0v) is 12.5. The summed E-state index contributed by atoms with van der Waals surface area (Å²) in [6, 6.07) is 9.37.